The summed E-state index contributed by atoms with van der Waals surface area (Å²) in [5.74, 6) is 0.936. The minimum absolute atomic E-state index is 0.0555. The summed E-state index contributed by atoms with van der Waals surface area (Å²) in [7, 11) is 1.63. The van der Waals surface area contributed by atoms with Crippen molar-refractivity contribution in [3.05, 3.63) is 28.5 Å². The second-order valence-corrected chi connectivity index (χ2v) is 3.68. The van der Waals surface area contributed by atoms with Gasteiger partial charge in [-0.05, 0) is 6.92 Å². The zero-order chi connectivity index (χ0) is 13.1. The van der Waals surface area contributed by atoms with Crippen molar-refractivity contribution < 1.29 is 4.92 Å². The SMILES string of the molecule is CCn1cnnc1CNc1nn(C)cc1[N+](=O)[O-]. The van der Waals surface area contributed by atoms with Gasteiger partial charge in [0, 0.05) is 13.6 Å². The molecule has 0 unspecified atom stereocenters. The second kappa shape index (κ2) is 4.82. The van der Waals surface area contributed by atoms with E-state index in [1.807, 2.05) is 11.5 Å². The maximum atomic E-state index is 10.8. The lowest BCUT2D eigenvalue weighted by Crippen LogP contribution is -2.08. The van der Waals surface area contributed by atoms with Gasteiger partial charge in [0.1, 0.15) is 12.5 Å². The number of nitrogens with one attached hydrogen (secondary N) is 1. The summed E-state index contributed by atoms with van der Waals surface area (Å²) in [6.45, 7) is 3.05. The Labute approximate surface area is 103 Å². The summed E-state index contributed by atoms with van der Waals surface area (Å²) in [6, 6.07) is 0. The number of hydrogen-bond donors (Lipinski definition) is 1. The highest BCUT2D eigenvalue weighted by atomic mass is 16.6. The van der Waals surface area contributed by atoms with Gasteiger partial charge in [0.05, 0.1) is 11.5 Å². The number of aryl methyl sites for hydroxylation is 2. The maximum absolute atomic E-state index is 10.8. The van der Waals surface area contributed by atoms with Crippen molar-refractivity contribution in [3.63, 3.8) is 0 Å². The molecule has 0 aliphatic carbocycles. The molecule has 0 aromatic carbocycles. The van der Waals surface area contributed by atoms with Crippen LogP contribution >= 0.6 is 0 Å². The van der Waals surface area contributed by atoms with Gasteiger partial charge in [0.2, 0.25) is 5.82 Å². The molecule has 0 spiro atoms. The highest BCUT2D eigenvalue weighted by Gasteiger charge is 2.18. The summed E-state index contributed by atoms with van der Waals surface area (Å²) in [4.78, 5) is 10.3. The third-order valence-electron chi connectivity index (χ3n) is 2.46. The molecule has 1 N–H and O–H groups in total. The molecule has 96 valence electrons. The Bertz CT molecular complexity index is 559. The van der Waals surface area contributed by atoms with Crippen LogP contribution < -0.4 is 5.32 Å². The molecule has 2 heterocycles. The van der Waals surface area contributed by atoms with Crippen molar-refractivity contribution in [2.45, 2.75) is 20.0 Å². The topological polar surface area (TPSA) is 104 Å². The highest BCUT2D eigenvalue weighted by Crippen LogP contribution is 2.21. The molecule has 0 fully saturated rings. The lowest BCUT2D eigenvalue weighted by atomic mass is 10.5. The molecule has 9 nitrogen and oxygen atoms in total. The molecule has 0 aliphatic rings. The van der Waals surface area contributed by atoms with Crippen molar-refractivity contribution in [1.82, 2.24) is 24.5 Å². The average Bonchev–Trinajstić information content (AvgIpc) is 2.91. The molecule has 18 heavy (non-hydrogen) atoms. The predicted octanol–water partition coefficient (Wildman–Crippen LogP) is 0.552. The van der Waals surface area contributed by atoms with E-state index < -0.39 is 4.92 Å². The van der Waals surface area contributed by atoms with Gasteiger partial charge in [-0.15, -0.1) is 15.3 Å². The molecule has 0 amide bonds. The summed E-state index contributed by atoms with van der Waals surface area (Å²) < 4.78 is 3.24. The Hall–Kier alpha value is -2.45. The Kier molecular flexibility index (Phi) is 3.22. The fourth-order valence-electron chi connectivity index (χ4n) is 1.58. The minimum Gasteiger partial charge on any atom is -0.356 e. The van der Waals surface area contributed by atoms with E-state index in [4.69, 9.17) is 0 Å². The van der Waals surface area contributed by atoms with Gasteiger partial charge in [-0.2, -0.15) is 0 Å². The largest absolute Gasteiger partial charge is 0.356 e. The molecular formula is C9H13N7O2. The smallest absolute Gasteiger partial charge is 0.330 e. The predicted molar refractivity (Wildman–Crippen MR) is 62.9 cm³/mol. The first-order valence-corrected chi connectivity index (χ1v) is 5.40. The van der Waals surface area contributed by atoms with Crippen LogP contribution in [-0.4, -0.2) is 29.5 Å². The van der Waals surface area contributed by atoms with Crippen LogP contribution in [0.3, 0.4) is 0 Å². The van der Waals surface area contributed by atoms with Gasteiger partial charge in [-0.1, -0.05) is 0 Å². The summed E-state index contributed by atoms with van der Waals surface area (Å²) >= 11 is 0. The van der Waals surface area contributed by atoms with E-state index in [2.05, 4.69) is 20.6 Å². The van der Waals surface area contributed by atoms with E-state index in [1.165, 1.54) is 10.9 Å². The van der Waals surface area contributed by atoms with Crippen molar-refractivity contribution >= 4 is 11.5 Å². The number of rotatable bonds is 5. The molecule has 0 atom stereocenters. The van der Waals surface area contributed by atoms with Crippen LogP contribution in [0.1, 0.15) is 12.7 Å². The second-order valence-electron chi connectivity index (χ2n) is 3.68. The molecule has 2 rings (SSSR count). The lowest BCUT2D eigenvalue weighted by Gasteiger charge is -2.03. The van der Waals surface area contributed by atoms with E-state index in [-0.39, 0.29) is 11.5 Å². The standard InChI is InChI=1S/C9H13N7O2/c1-3-15-6-11-12-8(15)4-10-9-7(16(17)18)5-14(2)13-9/h5-6H,3-4H2,1-2H3,(H,10,13). The summed E-state index contributed by atoms with van der Waals surface area (Å²) in [5, 5.41) is 25.4. The quantitative estimate of drug-likeness (QED) is 0.614. The summed E-state index contributed by atoms with van der Waals surface area (Å²) in [5.41, 5.74) is -0.0555. The molecule has 0 aliphatic heterocycles. The maximum Gasteiger partial charge on any atom is 0.330 e. The Morgan fingerprint density at radius 1 is 1.56 bits per heavy atom. The zero-order valence-electron chi connectivity index (χ0n) is 10.1. The van der Waals surface area contributed by atoms with Crippen LogP contribution in [0.25, 0.3) is 0 Å². The van der Waals surface area contributed by atoms with Crippen LogP contribution in [0, 0.1) is 10.1 Å². The van der Waals surface area contributed by atoms with Crippen molar-refractivity contribution in [2.75, 3.05) is 5.32 Å². The normalized spacial score (nSPS) is 10.6. The fourth-order valence-corrected chi connectivity index (χ4v) is 1.58. The molecule has 0 bridgehead atoms. The van der Waals surface area contributed by atoms with E-state index in [0.29, 0.717) is 12.4 Å². The highest BCUT2D eigenvalue weighted by molar-refractivity contribution is 5.54. The molecule has 0 saturated heterocycles. The van der Waals surface area contributed by atoms with Gasteiger partial charge in [-0.25, -0.2) is 0 Å². The number of aromatic nitrogens is 5. The molecule has 2 aromatic heterocycles. The third-order valence-corrected chi connectivity index (χ3v) is 2.46. The van der Waals surface area contributed by atoms with Crippen LogP contribution in [-0.2, 0) is 20.1 Å². The van der Waals surface area contributed by atoms with Gasteiger partial charge >= 0.3 is 5.69 Å². The Morgan fingerprint density at radius 3 is 3.00 bits per heavy atom. The van der Waals surface area contributed by atoms with Gasteiger partial charge in [0.15, 0.2) is 5.82 Å². The zero-order valence-corrected chi connectivity index (χ0v) is 10.1. The average molecular weight is 251 g/mol. The monoisotopic (exact) mass is 251 g/mol. The lowest BCUT2D eigenvalue weighted by molar-refractivity contribution is -0.384. The van der Waals surface area contributed by atoms with Crippen molar-refractivity contribution in [3.8, 4) is 0 Å². The van der Waals surface area contributed by atoms with Crippen LogP contribution in [0.4, 0.5) is 11.5 Å². The third kappa shape index (κ3) is 2.29. The van der Waals surface area contributed by atoms with Crippen molar-refractivity contribution in [1.29, 1.82) is 0 Å². The molecule has 9 heteroatoms. The van der Waals surface area contributed by atoms with E-state index in [9.17, 15) is 10.1 Å². The Balaban J connectivity index is 2.13. The fraction of sp³-hybridized carbons (Fsp3) is 0.444. The molecule has 0 radical (unpaired) electrons. The number of nitro groups is 1. The first-order chi connectivity index (χ1) is 8.61. The first kappa shape index (κ1) is 12.0. The number of hydrogen-bond acceptors (Lipinski definition) is 6. The molecule has 2 aromatic rings. The molecular weight excluding hydrogens is 238 g/mol. The van der Waals surface area contributed by atoms with Gasteiger partial charge < -0.3 is 9.88 Å². The molecule has 0 saturated carbocycles. The van der Waals surface area contributed by atoms with Crippen LogP contribution in [0.5, 0.6) is 0 Å². The van der Waals surface area contributed by atoms with Gasteiger partial charge in [-0.3, -0.25) is 14.8 Å². The van der Waals surface area contributed by atoms with E-state index in [0.717, 1.165) is 6.54 Å². The van der Waals surface area contributed by atoms with Crippen LogP contribution in [0.15, 0.2) is 12.5 Å². The summed E-state index contributed by atoms with van der Waals surface area (Å²) in [6.07, 6.45) is 2.97. The minimum atomic E-state index is -0.472. The van der Waals surface area contributed by atoms with Crippen LogP contribution in [0.2, 0.25) is 0 Å². The number of anilines is 1. The first-order valence-electron chi connectivity index (χ1n) is 5.40. The van der Waals surface area contributed by atoms with Gasteiger partial charge in [0.25, 0.3) is 0 Å². The van der Waals surface area contributed by atoms with E-state index >= 15 is 0 Å². The number of nitrogens with zero attached hydrogens (tertiary/aromatic N) is 6. The van der Waals surface area contributed by atoms with Crippen molar-refractivity contribution in [2.24, 2.45) is 7.05 Å². The Morgan fingerprint density at radius 2 is 2.33 bits per heavy atom. The van der Waals surface area contributed by atoms with E-state index in [1.54, 1.807) is 13.4 Å².